The zero-order chi connectivity index (χ0) is 13.3. The van der Waals surface area contributed by atoms with Crippen molar-refractivity contribution in [1.82, 2.24) is 5.32 Å². The van der Waals surface area contributed by atoms with Gasteiger partial charge in [0.25, 0.3) is 0 Å². The monoisotopic (exact) mass is 247 g/mol. The lowest BCUT2D eigenvalue weighted by Gasteiger charge is -2.31. The molecular weight excluding hydrogens is 222 g/mol. The van der Waals surface area contributed by atoms with Crippen molar-refractivity contribution in [3.63, 3.8) is 0 Å². The van der Waals surface area contributed by atoms with Crippen LogP contribution in [0.15, 0.2) is 18.2 Å². The molecule has 100 valence electrons. The number of morpholine rings is 1. The molecule has 0 saturated carbocycles. The zero-order valence-electron chi connectivity index (χ0n) is 12.2. The Morgan fingerprint density at radius 1 is 1.28 bits per heavy atom. The maximum Gasteiger partial charge on any atom is 0.0672 e. The summed E-state index contributed by atoms with van der Waals surface area (Å²) in [6, 6.07) is 7.15. The highest BCUT2D eigenvalue weighted by Gasteiger charge is 2.22. The van der Waals surface area contributed by atoms with Crippen molar-refractivity contribution in [2.45, 2.75) is 52.2 Å². The number of rotatable bonds is 1. The molecule has 2 rings (SSSR count). The van der Waals surface area contributed by atoms with E-state index in [0.717, 1.165) is 13.2 Å². The summed E-state index contributed by atoms with van der Waals surface area (Å²) in [6.45, 7) is 12.8. The fourth-order valence-corrected chi connectivity index (χ4v) is 2.37. The Morgan fingerprint density at radius 3 is 2.56 bits per heavy atom. The van der Waals surface area contributed by atoms with Crippen molar-refractivity contribution in [2.24, 2.45) is 0 Å². The topological polar surface area (TPSA) is 21.3 Å². The van der Waals surface area contributed by atoms with Crippen LogP contribution in [0.2, 0.25) is 0 Å². The van der Waals surface area contributed by atoms with E-state index in [9.17, 15) is 0 Å². The first-order valence-electron chi connectivity index (χ1n) is 6.84. The third-order valence-electron chi connectivity index (χ3n) is 3.72. The van der Waals surface area contributed by atoms with Crippen LogP contribution in [-0.4, -0.2) is 19.3 Å². The van der Waals surface area contributed by atoms with Gasteiger partial charge in [-0.1, -0.05) is 39.0 Å². The summed E-state index contributed by atoms with van der Waals surface area (Å²) >= 11 is 0. The summed E-state index contributed by atoms with van der Waals surface area (Å²) in [6.07, 6.45) is 0.326. The van der Waals surface area contributed by atoms with Gasteiger partial charge in [0.15, 0.2) is 0 Å². The van der Waals surface area contributed by atoms with Crippen LogP contribution in [0.1, 0.15) is 50.4 Å². The fourth-order valence-electron chi connectivity index (χ4n) is 2.37. The van der Waals surface area contributed by atoms with Crippen molar-refractivity contribution in [1.29, 1.82) is 0 Å². The molecule has 0 amide bonds. The first-order valence-corrected chi connectivity index (χ1v) is 6.84. The first-order chi connectivity index (χ1) is 8.38. The number of aryl methyl sites for hydroxylation is 1. The zero-order valence-corrected chi connectivity index (χ0v) is 12.2. The molecule has 0 aromatic heterocycles. The Bertz CT molecular complexity index is 412. The molecule has 1 aliphatic rings. The lowest BCUT2D eigenvalue weighted by Crippen LogP contribution is -2.40. The summed E-state index contributed by atoms with van der Waals surface area (Å²) < 4.78 is 5.76. The van der Waals surface area contributed by atoms with Gasteiger partial charge < -0.3 is 10.1 Å². The van der Waals surface area contributed by atoms with E-state index in [0.29, 0.717) is 12.1 Å². The molecule has 1 aliphatic heterocycles. The van der Waals surface area contributed by atoms with Crippen LogP contribution in [0.25, 0.3) is 0 Å². The Balaban J connectivity index is 2.27. The first kappa shape index (κ1) is 13.6. The molecule has 2 atom stereocenters. The molecule has 18 heavy (non-hydrogen) atoms. The predicted octanol–water partition coefficient (Wildman–Crippen LogP) is 3.34. The Kier molecular flexibility index (Phi) is 3.79. The molecule has 1 N–H and O–H groups in total. The maximum absolute atomic E-state index is 5.76. The molecule has 2 unspecified atom stereocenters. The summed E-state index contributed by atoms with van der Waals surface area (Å²) in [5, 5.41) is 3.58. The van der Waals surface area contributed by atoms with Gasteiger partial charge in [0.05, 0.1) is 18.8 Å². The standard InChI is InChI=1S/C16H25NO/c1-11-6-7-13(16(3,4)5)8-14(11)15-10-18-12(2)9-17-15/h6-8,12,15,17H,9-10H2,1-5H3. The molecule has 0 aliphatic carbocycles. The number of hydrogen-bond donors (Lipinski definition) is 1. The van der Waals surface area contributed by atoms with E-state index in [2.05, 4.69) is 58.1 Å². The molecule has 2 heteroatoms. The molecule has 0 radical (unpaired) electrons. The maximum atomic E-state index is 5.76. The number of hydrogen-bond acceptors (Lipinski definition) is 2. The molecule has 0 bridgehead atoms. The minimum absolute atomic E-state index is 0.200. The van der Waals surface area contributed by atoms with Gasteiger partial charge in [-0.2, -0.15) is 0 Å². The molecular formula is C16H25NO. The van der Waals surface area contributed by atoms with Crippen LogP contribution in [0.3, 0.4) is 0 Å². The van der Waals surface area contributed by atoms with Gasteiger partial charge in [-0.05, 0) is 36.0 Å². The lowest BCUT2D eigenvalue weighted by atomic mass is 9.84. The minimum Gasteiger partial charge on any atom is -0.375 e. The van der Waals surface area contributed by atoms with Gasteiger partial charge in [-0.15, -0.1) is 0 Å². The van der Waals surface area contributed by atoms with Crippen LogP contribution in [0.4, 0.5) is 0 Å². The van der Waals surface area contributed by atoms with Crippen molar-refractivity contribution in [3.8, 4) is 0 Å². The van der Waals surface area contributed by atoms with Crippen molar-refractivity contribution in [3.05, 3.63) is 34.9 Å². The van der Waals surface area contributed by atoms with Gasteiger partial charge in [0, 0.05) is 6.54 Å². The predicted molar refractivity (Wildman–Crippen MR) is 76.0 cm³/mol. The molecule has 1 aromatic rings. The molecule has 1 heterocycles. The summed E-state index contributed by atoms with van der Waals surface area (Å²) in [5.41, 5.74) is 4.32. The van der Waals surface area contributed by atoms with Gasteiger partial charge >= 0.3 is 0 Å². The third-order valence-corrected chi connectivity index (χ3v) is 3.72. The van der Waals surface area contributed by atoms with Crippen LogP contribution in [0.5, 0.6) is 0 Å². The van der Waals surface area contributed by atoms with Gasteiger partial charge in [-0.25, -0.2) is 0 Å². The van der Waals surface area contributed by atoms with E-state index in [4.69, 9.17) is 4.74 Å². The largest absolute Gasteiger partial charge is 0.375 e. The quantitative estimate of drug-likeness (QED) is 0.822. The average Bonchev–Trinajstić information content (AvgIpc) is 2.29. The second-order valence-electron chi connectivity index (χ2n) is 6.43. The second kappa shape index (κ2) is 5.02. The minimum atomic E-state index is 0.200. The van der Waals surface area contributed by atoms with Gasteiger partial charge in [-0.3, -0.25) is 0 Å². The smallest absolute Gasteiger partial charge is 0.0672 e. The van der Waals surface area contributed by atoms with Crippen LogP contribution < -0.4 is 5.32 Å². The highest BCUT2D eigenvalue weighted by atomic mass is 16.5. The van der Waals surface area contributed by atoms with E-state index in [1.807, 2.05) is 0 Å². The molecule has 1 fully saturated rings. The van der Waals surface area contributed by atoms with E-state index in [1.54, 1.807) is 0 Å². The Hall–Kier alpha value is -0.860. The fraction of sp³-hybridized carbons (Fsp3) is 0.625. The number of nitrogens with one attached hydrogen (secondary N) is 1. The van der Waals surface area contributed by atoms with E-state index >= 15 is 0 Å². The van der Waals surface area contributed by atoms with Gasteiger partial charge in [0.2, 0.25) is 0 Å². The second-order valence-corrected chi connectivity index (χ2v) is 6.43. The molecule has 1 aromatic carbocycles. The van der Waals surface area contributed by atoms with Crippen molar-refractivity contribution < 1.29 is 4.74 Å². The Labute approximate surface area is 111 Å². The molecule has 2 nitrogen and oxygen atoms in total. The summed E-state index contributed by atoms with van der Waals surface area (Å²) in [4.78, 5) is 0. The van der Waals surface area contributed by atoms with E-state index in [-0.39, 0.29) is 5.41 Å². The van der Waals surface area contributed by atoms with Gasteiger partial charge in [0.1, 0.15) is 0 Å². The number of benzene rings is 1. The molecule has 0 spiro atoms. The summed E-state index contributed by atoms with van der Waals surface area (Å²) in [5.74, 6) is 0. The lowest BCUT2D eigenvalue weighted by molar-refractivity contribution is 0.0147. The van der Waals surface area contributed by atoms with E-state index in [1.165, 1.54) is 16.7 Å². The molecule has 1 saturated heterocycles. The average molecular weight is 247 g/mol. The van der Waals surface area contributed by atoms with Crippen LogP contribution in [0, 0.1) is 6.92 Å². The number of ether oxygens (including phenoxy) is 1. The Morgan fingerprint density at radius 2 is 2.00 bits per heavy atom. The normalized spacial score (nSPS) is 25.2. The SMILES string of the molecule is Cc1ccc(C(C)(C)C)cc1C1COC(C)CN1. The van der Waals surface area contributed by atoms with Crippen LogP contribution in [-0.2, 0) is 10.2 Å². The van der Waals surface area contributed by atoms with Crippen LogP contribution >= 0.6 is 0 Å². The highest BCUT2D eigenvalue weighted by Crippen LogP contribution is 2.28. The third kappa shape index (κ3) is 2.93. The van der Waals surface area contributed by atoms with Crippen molar-refractivity contribution >= 4 is 0 Å². The van der Waals surface area contributed by atoms with E-state index < -0.39 is 0 Å². The summed E-state index contributed by atoms with van der Waals surface area (Å²) in [7, 11) is 0. The highest BCUT2D eigenvalue weighted by molar-refractivity contribution is 5.36. The van der Waals surface area contributed by atoms with Crippen molar-refractivity contribution in [2.75, 3.05) is 13.2 Å².